The van der Waals surface area contributed by atoms with Gasteiger partial charge in [0.2, 0.25) is 17.6 Å². The van der Waals surface area contributed by atoms with Gasteiger partial charge < -0.3 is 19.8 Å². The molecule has 5 aromatic rings. The molecule has 1 aliphatic rings. The Morgan fingerprint density at radius 3 is 2.17 bits per heavy atom. The van der Waals surface area contributed by atoms with E-state index in [2.05, 4.69) is 58.4 Å². The van der Waals surface area contributed by atoms with E-state index in [1.807, 2.05) is 71.3 Å². The quantitative estimate of drug-likeness (QED) is 0.131. The van der Waals surface area contributed by atoms with Gasteiger partial charge in [-0.25, -0.2) is 0 Å². The largest absolute Gasteiger partial charge is 0.490 e. The standard InChI is InChI=1S/C34H34N8O4S2/c1-5-41-30(37-39-32(41)47-20-28(43)35-23-10-7-6-8-11-23)27-18-17-25(46-27)22-13-15-24(16-14-22)36-29(44)21-48-33-40-38-31(26-12-9-19-45-26)42(33)34(2,3)4/h5-11,13-19,26H,1,12,20-21H2,2-4H3,(H,35,43)(H,36,44). The van der Waals surface area contributed by atoms with Crippen LogP contribution in [-0.4, -0.2) is 52.8 Å². The van der Waals surface area contributed by atoms with Crippen molar-refractivity contribution in [3.05, 3.63) is 91.5 Å². The van der Waals surface area contributed by atoms with E-state index in [9.17, 15) is 9.59 Å². The molecular formula is C34H34N8O4S2. The van der Waals surface area contributed by atoms with Crippen LogP contribution in [0.3, 0.4) is 0 Å². The monoisotopic (exact) mass is 682 g/mol. The molecule has 3 aromatic heterocycles. The lowest BCUT2D eigenvalue weighted by Crippen LogP contribution is -2.26. The van der Waals surface area contributed by atoms with E-state index in [0.29, 0.717) is 33.3 Å². The Morgan fingerprint density at radius 2 is 1.52 bits per heavy atom. The predicted molar refractivity (Wildman–Crippen MR) is 187 cm³/mol. The van der Waals surface area contributed by atoms with Crippen LogP contribution in [0.5, 0.6) is 0 Å². The Kier molecular flexibility index (Phi) is 9.82. The van der Waals surface area contributed by atoms with Crippen LogP contribution in [0, 0.1) is 0 Å². The van der Waals surface area contributed by atoms with Gasteiger partial charge in [-0.15, -0.1) is 20.4 Å². The molecule has 4 heterocycles. The topological polar surface area (TPSA) is 142 Å². The highest BCUT2D eigenvalue weighted by atomic mass is 32.2. The highest BCUT2D eigenvalue weighted by Crippen LogP contribution is 2.34. The number of carbonyl (C=O) groups is 2. The number of para-hydroxylation sites is 1. The predicted octanol–water partition coefficient (Wildman–Crippen LogP) is 7.09. The second kappa shape index (κ2) is 14.4. The summed E-state index contributed by atoms with van der Waals surface area (Å²) in [5.41, 5.74) is 1.92. The molecule has 0 radical (unpaired) electrons. The number of amides is 2. The van der Waals surface area contributed by atoms with Gasteiger partial charge in [0.25, 0.3) is 0 Å². The summed E-state index contributed by atoms with van der Waals surface area (Å²) < 4.78 is 15.5. The van der Waals surface area contributed by atoms with Gasteiger partial charge in [-0.3, -0.25) is 18.7 Å². The number of hydrogen-bond donors (Lipinski definition) is 2. The van der Waals surface area contributed by atoms with Gasteiger partial charge in [0, 0.05) is 35.1 Å². The number of hydrogen-bond acceptors (Lipinski definition) is 10. The summed E-state index contributed by atoms with van der Waals surface area (Å²) in [7, 11) is 0. The lowest BCUT2D eigenvalue weighted by molar-refractivity contribution is -0.114. The molecule has 0 aliphatic carbocycles. The third-order valence-corrected chi connectivity index (χ3v) is 9.03. The molecule has 1 atom stereocenters. The van der Waals surface area contributed by atoms with Gasteiger partial charge in [0.1, 0.15) is 5.76 Å². The number of furan rings is 1. The number of rotatable bonds is 12. The molecule has 0 fully saturated rings. The average Bonchev–Trinajstić information content (AvgIpc) is 3.89. The molecule has 0 spiro atoms. The van der Waals surface area contributed by atoms with Crippen molar-refractivity contribution >= 4 is 52.9 Å². The van der Waals surface area contributed by atoms with Crippen molar-refractivity contribution in [2.45, 2.75) is 49.1 Å². The van der Waals surface area contributed by atoms with Crippen molar-refractivity contribution < 1.29 is 18.7 Å². The zero-order chi connectivity index (χ0) is 33.7. The van der Waals surface area contributed by atoms with Crippen LogP contribution in [0.2, 0.25) is 0 Å². The van der Waals surface area contributed by atoms with Crippen LogP contribution >= 0.6 is 23.5 Å². The van der Waals surface area contributed by atoms with E-state index in [-0.39, 0.29) is 35.0 Å². The van der Waals surface area contributed by atoms with Gasteiger partial charge in [-0.1, -0.05) is 48.3 Å². The highest BCUT2D eigenvalue weighted by Gasteiger charge is 2.30. The first-order valence-corrected chi connectivity index (χ1v) is 17.1. The fraction of sp³-hybridized carbons (Fsp3) is 0.235. The van der Waals surface area contributed by atoms with Crippen LogP contribution in [0.25, 0.3) is 29.1 Å². The van der Waals surface area contributed by atoms with Crippen molar-refractivity contribution in [2.24, 2.45) is 0 Å². The van der Waals surface area contributed by atoms with Crippen molar-refractivity contribution in [1.29, 1.82) is 0 Å². The molecule has 2 N–H and O–H groups in total. The minimum Gasteiger partial charge on any atom is -0.490 e. The normalized spacial score (nSPS) is 14.1. The fourth-order valence-corrected chi connectivity index (χ4v) is 6.64. The summed E-state index contributed by atoms with van der Waals surface area (Å²) in [4.78, 5) is 25.3. The lowest BCUT2D eigenvalue weighted by atomic mass is 10.1. The van der Waals surface area contributed by atoms with E-state index in [4.69, 9.17) is 9.15 Å². The van der Waals surface area contributed by atoms with E-state index in [0.717, 1.165) is 23.5 Å². The molecule has 246 valence electrons. The Bertz CT molecular complexity index is 1930. The molecule has 0 bridgehead atoms. The number of anilines is 2. The minimum atomic E-state index is -0.283. The first-order valence-electron chi connectivity index (χ1n) is 15.1. The summed E-state index contributed by atoms with van der Waals surface area (Å²) in [6.45, 7) is 10.1. The van der Waals surface area contributed by atoms with Gasteiger partial charge in [-0.2, -0.15) is 0 Å². The first kappa shape index (κ1) is 32.8. The Labute approximate surface area is 286 Å². The first-order chi connectivity index (χ1) is 23.2. The van der Waals surface area contributed by atoms with Crippen LogP contribution in [0.1, 0.15) is 39.1 Å². The fourth-order valence-electron chi connectivity index (χ4n) is 4.98. The van der Waals surface area contributed by atoms with E-state index in [1.54, 1.807) is 23.1 Å². The molecular weight excluding hydrogens is 649 g/mol. The maximum atomic E-state index is 12.9. The second-order valence-corrected chi connectivity index (χ2v) is 13.6. The van der Waals surface area contributed by atoms with Gasteiger partial charge in [-0.05, 0) is 75.4 Å². The maximum absolute atomic E-state index is 12.9. The number of benzene rings is 2. The van der Waals surface area contributed by atoms with Crippen molar-refractivity contribution in [3.63, 3.8) is 0 Å². The summed E-state index contributed by atoms with van der Waals surface area (Å²) in [6.07, 6.45) is 5.80. The van der Waals surface area contributed by atoms with Crippen LogP contribution in [0.15, 0.2) is 100 Å². The highest BCUT2D eigenvalue weighted by molar-refractivity contribution is 8.00. The lowest BCUT2D eigenvalue weighted by Gasteiger charge is -2.26. The van der Waals surface area contributed by atoms with Crippen LogP contribution in [-0.2, 0) is 19.9 Å². The number of thioether (sulfide) groups is 2. The number of carbonyl (C=O) groups excluding carboxylic acids is 2. The van der Waals surface area contributed by atoms with Crippen LogP contribution in [0.4, 0.5) is 11.4 Å². The SMILES string of the molecule is C=Cn1c(SCC(=O)Nc2ccccc2)nnc1-c1ccc(-c2ccc(NC(=O)CSc3nnc(C4CC=CO4)n3C(C)(C)C)cc2)o1. The summed E-state index contributed by atoms with van der Waals surface area (Å²) in [6, 6.07) is 20.3. The Morgan fingerprint density at radius 1 is 0.875 bits per heavy atom. The molecule has 0 saturated carbocycles. The summed E-state index contributed by atoms with van der Waals surface area (Å²) in [5, 5.41) is 24.2. The molecule has 0 saturated heterocycles. The molecule has 48 heavy (non-hydrogen) atoms. The van der Waals surface area contributed by atoms with E-state index < -0.39 is 0 Å². The maximum Gasteiger partial charge on any atom is 0.234 e. The summed E-state index contributed by atoms with van der Waals surface area (Å²) in [5.74, 6) is 2.33. The molecule has 2 amide bonds. The average molecular weight is 683 g/mol. The Balaban J connectivity index is 1.05. The van der Waals surface area contributed by atoms with E-state index in [1.165, 1.54) is 23.5 Å². The third kappa shape index (κ3) is 7.55. The van der Waals surface area contributed by atoms with Crippen molar-refractivity contribution in [2.75, 3.05) is 22.1 Å². The number of nitrogens with one attached hydrogen (secondary N) is 2. The number of ether oxygens (including phenoxy) is 1. The molecule has 2 aromatic carbocycles. The third-order valence-electron chi connectivity index (χ3n) is 7.16. The van der Waals surface area contributed by atoms with Crippen molar-refractivity contribution in [1.82, 2.24) is 29.5 Å². The molecule has 12 nitrogen and oxygen atoms in total. The number of nitrogens with zero attached hydrogens (tertiary/aromatic N) is 6. The molecule has 6 rings (SSSR count). The molecule has 1 unspecified atom stereocenters. The molecule has 14 heteroatoms. The summed E-state index contributed by atoms with van der Waals surface area (Å²) >= 11 is 2.58. The zero-order valence-corrected chi connectivity index (χ0v) is 28.3. The second-order valence-electron chi connectivity index (χ2n) is 11.7. The number of aromatic nitrogens is 6. The minimum absolute atomic E-state index is 0.152. The zero-order valence-electron chi connectivity index (χ0n) is 26.6. The smallest absolute Gasteiger partial charge is 0.234 e. The van der Waals surface area contributed by atoms with Crippen LogP contribution < -0.4 is 10.6 Å². The van der Waals surface area contributed by atoms with Gasteiger partial charge in [0.15, 0.2) is 28.0 Å². The van der Waals surface area contributed by atoms with Gasteiger partial charge >= 0.3 is 0 Å². The Hall–Kier alpha value is -5.08. The van der Waals surface area contributed by atoms with Gasteiger partial charge in [0.05, 0.1) is 17.8 Å². The molecule has 1 aliphatic heterocycles. The van der Waals surface area contributed by atoms with Crippen molar-refractivity contribution in [3.8, 4) is 22.9 Å². The van der Waals surface area contributed by atoms with E-state index >= 15 is 0 Å².